The summed E-state index contributed by atoms with van der Waals surface area (Å²) in [4.78, 5) is 29.2. The Hall–Kier alpha value is -4.02. The van der Waals surface area contributed by atoms with Gasteiger partial charge in [0.2, 0.25) is 15.9 Å². The average Bonchev–Trinajstić information content (AvgIpc) is 2.83. The largest absolute Gasteiger partial charge is 0.495 e. The number of hydrogen-bond donors (Lipinski definition) is 2. The Bertz CT molecular complexity index is 1530. The van der Waals surface area contributed by atoms with Crippen LogP contribution >= 0.6 is 0 Å². The molecule has 0 unspecified atom stereocenters. The summed E-state index contributed by atoms with van der Waals surface area (Å²) >= 11 is 0. The maximum Gasteiger partial charge on any atom is 0.266 e. The van der Waals surface area contributed by atoms with Crippen LogP contribution in [-0.2, 0) is 21.4 Å². The number of amides is 1. The molecule has 174 valence electrons. The summed E-state index contributed by atoms with van der Waals surface area (Å²) in [5.74, 6) is 0.386. The van der Waals surface area contributed by atoms with Crippen LogP contribution in [0.3, 0.4) is 0 Å². The van der Waals surface area contributed by atoms with Crippen LogP contribution in [0.25, 0.3) is 16.6 Å². The van der Waals surface area contributed by atoms with Crippen molar-refractivity contribution in [2.24, 2.45) is 0 Å². The van der Waals surface area contributed by atoms with Crippen LogP contribution in [0.15, 0.2) is 82.5 Å². The lowest BCUT2D eigenvalue weighted by molar-refractivity contribution is -0.114. The molecule has 10 heteroatoms. The highest BCUT2D eigenvalue weighted by atomic mass is 32.2. The number of aromatic nitrogens is 2. The number of methoxy groups -OCH3 is 1. The first-order valence-corrected chi connectivity index (χ1v) is 11.8. The van der Waals surface area contributed by atoms with Gasteiger partial charge in [0.15, 0.2) is 0 Å². The van der Waals surface area contributed by atoms with Gasteiger partial charge in [0, 0.05) is 12.6 Å². The summed E-state index contributed by atoms with van der Waals surface area (Å²) in [5, 5.41) is 2.98. The van der Waals surface area contributed by atoms with E-state index in [-0.39, 0.29) is 28.7 Å². The summed E-state index contributed by atoms with van der Waals surface area (Å²) in [6.07, 6.45) is 0. The van der Waals surface area contributed by atoms with Gasteiger partial charge in [0.25, 0.3) is 5.56 Å². The molecule has 34 heavy (non-hydrogen) atoms. The zero-order valence-corrected chi connectivity index (χ0v) is 19.3. The summed E-state index contributed by atoms with van der Waals surface area (Å²) in [7, 11) is -2.44. The predicted octanol–water partition coefficient (Wildman–Crippen LogP) is 2.83. The first-order valence-electron chi connectivity index (χ1n) is 10.3. The molecule has 2 N–H and O–H groups in total. The van der Waals surface area contributed by atoms with Crippen molar-refractivity contribution in [1.82, 2.24) is 14.3 Å². The molecule has 1 aromatic heterocycles. The number of ether oxygens (including phenoxy) is 1. The fourth-order valence-corrected chi connectivity index (χ4v) is 4.50. The van der Waals surface area contributed by atoms with Crippen molar-refractivity contribution in [2.75, 3.05) is 12.4 Å². The van der Waals surface area contributed by atoms with Crippen LogP contribution in [0.5, 0.6) is 5.75 Å². The number of anilines is 1. The Morgan fingerprint density at radius 2 is 1.68 bits per heavy atom. The normalized spacial score (nSPS) is 11.4. The molecule has 4 rings (SSSR count). The molecule has 0 fully saturated rings. The first kappa shape index (κ1) is 23.1. The molecule has 0 saturated carbocycles. The molecule has 9 nitrogen and oxygen atoms in total. The molecule has 0 bridgehead atoms. The summed E-state index contributed by atoms with van der Waals surface area (Å²) < 4.78 is 35.1. The Balaban J connectivity index is 1.74. The van der Waals surface area contributed by atoms with Crippen molar-refractivity contribution >= 4 is 32.5 Å². The number of carbonyl (C=O) groups is 1. The predicted molar refractivity (Wildman–Crippen MR) is 129 cm³/mol. The topological polar surface area (TPSA) is 119 Å². The number of rotatable bonds is 7. The highest BCUT2D eigenvalue weighted by Gasteiger charge is 2.19. The molecule has 0 saturated heterocycles. The van der Waals surface area contributed by atoms with Gasteiger partial charge in [-0.25, -0.2) is 18.1 Å². The van der Waals surface area contributed by atoms with Gasteiger partial charge in [-0.1, -0.05) is 24.3 Å². The molecule has 0 spiro atoms. The van der Waals surface area contributed by atoms with E-state index in [0.717, 1.165) is 0 Å². The van der Waals surface area contributed by atoms with E-state index in [9.17, 15) is 18.0 Å². The lowest BCUT2D eigenvalue weighted by Crippen LogP contribution is -2.30. The Morgan fingerprint density at radius 3 is 2.38 bits per heavy atom. The van der Waals surface area contributed by atoms with Gasteiger partial charge < -0.3 is 10.1 Å². The molecule has 0 aliphatic heterocycles. The lowest BCUT2D eigenvalue weighted by atomic mass is 10.2. The van der Waals surface area contributed by atoms with Gasteiger partial charge in [0.05, 0.1) is 35.1 Å². The second-order valence-corrected chi connectivity index (χ2v) is 9.15. The molecule has 3 aromatic carbocycles. The monoisotopic (exact) mass is 478 g/mol. The van der Waals surface area contributed by atoms with Crippen molar-refractivity contribution in [1.29, 1.82) is 0 Å². The van der Waals surface area contributed by atoms with Crippen molar-refractivity contribution in [2.45, 2.75) is 18.4 Å². The van der Waals surface area contributed by atoms with E-state index >= 15 is 0 Å². The number of nitrogens with one attached hydrogen (secondary N) is 2. The van der Waals surface area contributed by atoms with Crippen LogP contribution in [-0.4, -0.2) is 31.0 Å². The number of fused-ring (bicyclic) bond motifs is 1. The number of hydrogen-bond acceptors (Lipinski definition) is 6. The molecule has 1 amide bonds. The number of para-hydroxylation sites is 3. The molecular formula is C24H22N4O5S. The summed E-state index contributed by atoms with van der Waals surface area (Å²) in [6, 6.07) is 19.6. The molecule has 4 aromatic rings. The minimum absolute atomic E-state index is 0.00794. The lowest BCUT2D eigenvalue weighted by Gasteiger charge is -2.16. The average molecular weight is 479 g/mol. The molecule has 1 heterocycles. The number of sulfonamides is 1. The second kappa shape index (κ2) is 9.46. The Kier molecular flexibility index (Phi) is 6.44. The van der Waals surface area contributed by atoms with E-state index in [4.69, 9.17) is 4.74 Å². The number of benzene rings is 3. The van der Waals surface area contributed by atoms with Crippen LogP contribution < -0.4 is 20.3 Å². The van der Waals surface area contributed by atoms with Crippen molar-refractivity contribution in [3.05, 3.63) is 89.0 Å². The highest BCUT2D eigenvalue weighted by Crippen LogP contribution is 2.23. The van der Waals surface area contributed by atoms with Gasteiger partial charge in [0.1, 0.15) is 11.6 Å². The van der Waals surface area contributed by atoms with E-state index in [1.54, 1.807) is 48.5 Å². The maximum absolute atomic E-state index is 13.4. The van der Waals surface area contributed by atoms with Crippen molar-refractivity contribution < 1.29 is 17.9 Å². The third-order valence-corrected chi connectivity index (χ3v) is 6.49. The third-order valence-electron chi connectivity index (χ3n) is 5.08. The fraction of sp³-hybridized carbons (Fsp3) is 0.125. The van der Waals surface area contributed by atoms with Crippen molar-refractivity contribution in [3.63, 3.8) is 0 Å². The maximum atomic E-state index is 13.4. The Morgan fingerprint density at radius 1 is 1.00 bits per heavy atom. The summed E-state index contributed by atoms with van der Waals surface area (Å²) in [5.41, 5.74) is 1.03. The fourth-order valence-electron chi connectivity index (χ4n) is 3.52. The third kappa shape index (κ3) is 4.68. The second-order valence-electron chi connectivity index (χ2n) is 7.39. The van der Waals surface area contributed by atoms with E-state index in [1.165, 1.54) is 42.9 Å². The molecule has 0 aliphatic rings. The smallest absolute Gasteiger partial charge is 0.266 e. The summed E-state index contributed by atoms with van der Waals surface area (Å²) in [6.45, 7) is 1.12. The van der Waals surface area contributed by atoms with Crippen LogP contribution in [0.4, 0.5) is 5.69 Å². The zero-order valence-electron chi connectivity index (χ0n) is 18.5. The van der Waals surface area contributed by atoms with Crippen molar-refractivity contribution in [3.8, 4) is 11.4 Å². The molecule has 0 radical (unpaired) electrons. The molecular weight excluding hydrogens is 456 g/mol. The van der Waals surface area contributed by atoms with Crippen LogP contribution in [0.2, 0.25) is 0 Å². The quantitative estimate of drug-likeness (QED) is 0.422. The van der Waals surface area contributed by atoms with Crippen LogP contribution in [0.1, 0.15) is 12.7 Å². The van der Waals surface area contributed by atoms with E-state index in [0.29, 0.717) is 28.0 Å². The minimum Gasteiger partial charge on any atom is -0.495 e. The van der Waals surface area contributed by atoms with Gasteiger partial charge in [-0.2, -0.15) is 0 Å². The van der Waals surface area contributed by atoms with E-state index < -0.39 is 10.0 Å². The Labute approximate surface area is 196 Å². The number of nitrogens with zero attached hydrogens (tertiary/aromatic N) is 2. The van der Waals surface area contributed by atoms with E-state index in [1.807, 2.05) is 0 Å². The first-order chi connectivity index (χ1) is 16.3. The molecule has 0 aliphatic carbocycles. The highest BCUT2D eigenvalue weighted by molar-refractivity contribution is 7.89. The molecule has 0 atom stereocenters. The van der Waals surface area contributed by atoms with Gasteiger partial charge in [-0.15, -0.1) is 0 Å². The van der Waals surface area contributed by atoms with E-state index in [2.05, 4.69) is 15.0 Å². The zero-order chi connectivity index (χ0) is 24.3. The van der Waals surface area contributed by atoms with Crippen LogP contribution in [0, 0.1) is 0 Å². The standard InChI is InChI=1S/C24H22N4O5S/c1-16(29)26-17-11-13-18(14-12-17)34(31,32)25-15-23-27-20-8-4-3-7-19(20)24(30)28(23)21-9-5-6-10-22(21)33-2/h3-14,25H,15H2,1-2H3,(H,26,29). The minimum atomic E-state index is -3.93. The van der Waals surface area contributed by atoms with Gasteiger partial charge in [-0.3, -0.25) is 14.2 Å². The van der Waals surface area contributed by atoms with Gasteiger partial charge in [-0.05, 0) is 48.5 Å². The SMILES string of the molecule is COc1ccccc1-n1c(CNS(=O)(=O)c2ccc(NC(C)=O)cc2)nc2ccccc2c1=O. The van der Waals surface area contributed by atoms with Gasteiger partial charge >= 0.3 is 0 Å². The number of carbonyl (C=O) groups excluding carboxylic acids is 1.